The lowest BCUT2D eigenvalue weighted by Gasteiger charge is -2.35. The van der Waals surface area contributed by atoms with Crippen LogP contribution in [-0.4, -0.2) is 26.1 Å². The highest BCUT2D eigenvalue weighted by atomic mass is 28.4. The smallest absolute Gasteiger partial charge is 0.192 e. The van der Waals surface area contributed by atoms with Crippen LogP contribution in [0.15, 0.2) is 0 Å². The minimum absolute atomic E-state index is 0.255. The van der Waals surface area contributed by atoms with E-state index in [1.165, 1.54) is 0 Å². The van der Waals surface area contributed by atoms with Gasteiger partial charge in [-0.3, -0.25) is 0 Å². The number of rotatable bonds is 3. The van der Waals surface area contributed by atoms with Crippen LogP contribution >= 0.6 is 0 Å². The van der Waals surface area contributed by atoms with E-state index >= 15 is 0 Å². The number of aliphatic hydroxyl groups is 1. The van der Waals surface area contributed by atoms with Crippen LogP contribution in [0.3, 0.4) is 0 Å². The Labute approximate surface area is 95.2 Å². The molecule has 2 nitrogen and oxygen atoms in total. The number of aliphatic hydroxyl groups excluding tert-OH is 1. The van der Waals surface area contributed by atoms with E-state index < -0.39 is 14.4 Å². The fourth-order valence-electron chi connectivity index (χ4n) is 0.794. The van der Waals surface area contributed by atoms with Gasteiger partial charge >= 0.3 is 0 Å². The fourth-order valence-corrected chi connectivity index (χ4v) is 1.84. The Bertz CT molecular complexity index is 241. The molecule has 1 atom stereocenters. The first-order valence-electron chi connectivity index (χ1n) is 5.47. The van der Waals surface area contributed by atoms with Gasteiger partial charge in [0.25, 0.3) is 0 Å². The standard InChI is InChI=1S/C12H24O2Si/c1-11(13)9-7-8-10-14-15(5,6)12(2,3)4/h11,13H,8,10H2,1-6H3/t11-/m1/s1. The Hall–Kier alpha value is -0.303. The van der Waals surface area contributed by atoms with Crippen molar-refractivity contribution in [3.8, 4) is 11.8 Å². The van der Waals surface area contributed by atoms with Crippen molar-refractivity contribution in [3.63, 3.8) is 0 Å². The van der Waals surface area contributed by atoms with Crippen molar-refractivity contribution in [3.05, 3.63) is 0 Å². The molecule has 88 valence electrons. The highest BCUT2D eigenvalue weighted by molar-refractivity contribution is 6.74. The molecule has 0 fully saturated rings. The first-order chi connectivity index (χ1) is 6.67. The maximum Gasteiger partial charge on any atom is 0.192 e. The van der Waals surface area contributed by atoms with Crippen LogP contribution < -0.4 is 0 Å². The van der Waals surface area contributed by atoms with E-state index in [0.29, 0.717) is 13.0 Å². The van der Waals surface area contributed by atoms with Gasteiger partial charge in [0.15, 0.2) is 8.32 Å². The fraction of sp³-hybridized carbons (Fsp3) is 0.833. The Kier molecular flexibility index (Phi) is 5.58. The molecule has 0 spiro atoms. The largest absolute Gasteiger partial charge is 0.416 e. The normalized spacial score (nSPS) is 14.3. The third-order valence-electron chi connectivity index (χ3n) is 2.81. The van der Waals surface area contributed by atoms with Crippen LogP contribution in [0, 0.1) is 11.8 Å². The maximum atomic E-state index is 8.94. The predicted octanol–water partition coefficient (Wildman–Crippen LogP) is 2.78. The molecule has 0 amide bonds. The molecule has 0 saturated heterocycles. The third-order valence-corrected chi connectivity index (χ3v) is 7.35. The van der Waals surface area contributed by atoms with Gasteiger partial charge in [0.1, 0.15) is 6.10 Å². The molecule has 0 bridgehead atoms. The van der Waals surface area contributed by atoms with E-state index in [9.17, 15) is 0 Å². The summed E-state index contributed by atoms with van der Waals surface area (Å²) in [5.41, 5.74) is 0. The van der Waals surface area contributed by atoms with Crippen molar-refractivity contribution < 1.29 is 9.53 Å². The summed E-state index contributed by atoms with van der Waals surface area (Å²) in [5, 5.41) is 9.19. The van der Waals surface area contributed by atoms with Gasteiger partial charge < -0.3 is 9.53 Å². The third kappa shape index (κ3) is 5.98. The Morgan fingerprint density at radius 1 is 1.33 bits per heavy atom. The average molecular weight is 228 g/mol. The molecule has 0 aliphatic rings. The molecule has 0 heterocycles. The summed E-state index contributed by atoms with van der Waals surface area (Å²) in [5.74, 6) is 5.62. The van der Waals surface area contributed by atoms with Crippen LogP contribution in [0.2, 0.25) is 18.1 Å². The minimum Gasteiger partial charge on any atom is -0.416 e. The van der Waals surface area contributed by atoms with Crippen LogP contribution in [0.5, 0.6) is 0 Å². The summed E-state index contributed by atoms with van der Waals surface area (Å²) >= 11 is 0. The van der Waals surface area contributed by atoms with Gasteiger partial charge in [-0.15, -0.1) is 0 Å². The lowest BCUT2D eigenvalue weighted by molar-refractivity contribution is 0.253. The molecule has 1 N–H and O–H groups in total. The van der Waals surface area contributed by atoms with Gasteiger partial charge in [-0.25, -0.2) is 0 Å². The van der Waals surface area contributed by atoms with E-state index in [2.05, 4.69) is 45.7 Å². The van der Waals surface area contributed by atoms with E-state index in [1.54, 1.807) is 6.92 Å². The summed E-state index contributed by atoms with van der Waals surface area (Å²) in [6.45, 7) is 13.5. The van der Waals surface area contributed by atoms with Crippen LogP contribution in [-0.2, 0) is 4.43 Å². The molecule has 0 aromatic heterocycles. The summed E-state index contributed by atoms with van der Waals surface area (Å²) in [6, 6.07) is 0. The molecule has 0 aliphatic carbocycles. The molecule has 0 aromatic carbocycles. The molecular formula is C12H24O2Si. The lowest BCUT2D eigenvalue weighted by atomic mass is 10.2. The zero-order valence-electron chi connectivity index (χ0n) is 10.8. The summed E-state index contributed by atoms with van der Waals surface area (Å²) in [6.07, 6.45) is 0.176. The maximum absolute atomic E-state index is 8.94. The molecule has 0 radical (unpaired) electrons. The SMILES string of the molecule is C[C@@H](O)C#CCCO[Si](C)(C)C(C)(C)C. The lowest BCUT2D eigenvalue weighted by Crippen LogP contribution is -2.40. The Morgan fingerprint density at radius 2 is 1.87 bits per heavy atom. The molecular weight excluding hydrogens is 204 g/mol. The first-order valence-corrected chi connectivity index (χ1v) is 8.38. The van der Waals surface area contributed by atoms with E-state index in [1.807, 2.05) is 0 Å². The zero-order chi connectivity index (χ0) is 12.1. The van der Waals surface area contributed by atoms with Crippen molar-refractivity contribution in [1.29, 1.82) is 0 Å². The molecule has 15 heavy (non-hydrogen) atoms. The quantitative estimate of drug-likeness (QED) is 0.457. The predicted molar refractivity (Wildman–Crippen MR) is 67.2 cm³/mol. The van der Waals surface area contributed by atoms with E-state index in [0.717, 1.165) is 0 Å². The second-order valence-corrected chi connectivity index (χ2v) is 10.2. The van der Waals surface area contributed by atoms with Gasteiger partial charge in [-0.1, -0.05) is 32.6 Å². The van der Waals surface area contributed by atoms with Gasteiger partial charge in [-0.05, 0) is 25.1 Å². The van der Waals surface area contributed by atoms with Crippen molar-refractivity contribution >= 4 is 8.32 Å². The zero-order valence-corrected chi connectivity index (χ0v) is 11.8. The summed E-state index contributed by atoms with van der Waals surface area (Å²) < 4.78 is 5.93. The summed E-state index contributed by atoms with van der Waals surface area (Å²) in [7, 11) is -1.61. The summed E-state index contributed by atoms with van der Waals surface area (Å²) in [4.78, 5) is 0. The first kappa shape index (κ1) is 14.7. The highest BCUT2D eigenvalue weighted by Gasteiger charge is 2.36. The van der Waals surface area contributed by atoms with Crippen molar-refractivity contribution in [2.45, 2.75) is 58.4 Å². The van der Waals surface area contributed by atoms with Crippen LogP contribution in [0.4, 0.5) is 0 Å². The highest BCUT2D eigenvalue weighted by Crippen LogP contribution is 2.36. The monoisotopic (exact) mass is 228 g/mol. The van der Waals surface area contributed by atoms with Gasteiger partial charge in [0, 0.05) is 13.0 Å². The minimum atomic E-state index is -1.61. The number of hydrogen-bond donors (Lipinski definition) is 1. The van der Waals surface area contributed by atoms with E-state index in [4.69, 9.17) is 9.53 Å². The molecule has 0 saturated carbocycles. The van der Waals surface area contributed by atoms with Crippen molar-refractivity contribution in [2.24, 2.45) is 0 Å². The Balaban J connectivity index is 3.93. The molecule has 0 aliphatic heterocycles. The molecule has 0 aromatic rings. The second-order valence-electron chi connectivity index (χ2n) is 5.36. The van der Waals surface area contributed by atoms with Crippen LogP contribution in [0.1, 0.15) is 34.1 Å². The van der Waals surface area contributed by atoms with Crippen molar-refractivity contribution in [2.75, 3.05) is 6.61 Å². The van der Waals surface area contributed by atoms with Gasteiger partial charge in [0.05, 0.1) is 0 Å². The second kappa shape index (κ2) is 5.69. The van der Waals surface area contributed by atoms with Gasteiger partial charge in [0.2, 0.25) is 0 Å². The molecule has 3 heteroatoms. The van der Waals surface area contributed by atoms with Gasteiger partial charge in [-0.2, -0.15) is 0 Å². The van der Waals surface area contributed by atoms with Crippen molar-refractivity contribution in [1.82, 2.24) is 0 Å². The van der Waals surface area contributed by atoms with Crippen LogP contribution in [0.25, 0.3) is 0 Å². The average Bonchev–Trinajstić information content (AvgIpc) is 2.00. The Morgan fingerprint density at radius 3 is 2.27 bits per heavy atom. The number of hydrogen-bond acceptors (Lipinski definition) is 2. The molecule has 0 unspecified atom stereocenters. The van der Waals surface area contributed by atoms with E-state index in [-0.39, 0.29) is 5.04 Å². The molecule has 0 rings (SSSR count). The topological polar surface area (TPSA) is 29.5 Å².